The van der Waals surface area contributed by atoms with Gasteiger partial charge in [0, 0.05) is 6.42 Å². The molecule has 0 aliphatic rings. The zero-order chi connectivity index (χ0) is 11.5. The quantitative estimate of drug-likeness (QED) is 0.705. The van der Waals surface area contributed by atoms with E-state index in [1.807, 2.05) is 24.3 Å². The molecular weight excluding hydrogens is 194 g/mol. The average molecular weight is 212 g/mol. The standard InChI is InChI=1S/C13H18F2/c1-13(2,3)11-6-4-5-10(9-11)7-8-12(14)15/h4-6,9,12H,7-8H2,1-3H3. The minimum Gasteiger partial charge on any atom is -0.211 e. The molecule has 0 spiro atoms. The Morgan fingerprint density at radius 1 is 1.20 bits per heavy atom. The molecule has 0 aliphatic heterocycles. The van der Waals surface area contributed by atoms with Crippen molar-refractivity contribution >= 4 is 0 Å². The SMILES string of the molecule is CC(C)(C)c1cccc(CCC(F)F)c1. The monoisotopic (exact) mass is 212 g/mol. The Bertz CT molecular complexity index is 311. The van der Waals surface area contributed by atoms with Crippen LogP contribution in [0.15, 0.2) is 24.3 Å². The van der Waals surface area contributed by atoms with Crippen molar-refractivity contribution < 1.29 is 8.78 Å². The summed E-state index contributed by atoms with van der Waals surface area (Å²) in [6, 6.07) is 7.94. The first kappa shape index (κ1) is 12.2. The van der Waals surface area contributed by atoms with E-state index in [0.717, 1.165) is 5.56 Å². The molecule has 0 heterocycles. The van der Waals surface area contributed by atoms with Gasteiger partial charge < -0.3 is 0 Å². The smallest absolute Gasteiger partial charge is 0.211 e. The Hall–Kier alpha value is -0.920. The Morgan fingerprint density at radius 3 is 2.40 bits per heavy atom. The first-order valence-corrected chi connectivity index (χ1v) is 5.27. The van der Waals surface area contributed by atoms with Crippen molar-refractivity contribution in [3.8, 4) is 0 Å². The summed E-state index contributed by atoms with van der Waals surface area (Å²) in [7, 11) is 0. The van der Waals surface area contributed by atoms with Crippen molar-refractivity contribution in [3.63, 3.8) is 0 Å². The molecule has 84 valence electrons. The van der Waals surface area contributed by atoms with E-state index in [-0.39, 0.29) is 11.8 Å². The van der Waals surface area contributed by atoms with E-state index in [2.05, 4.69) is 20.8 Å². The summed E-state index contributed by atoms with van der Waals surface area (Å²) in [4.78, 5) is 0. The maximum Gasteiger partial charge on any atom is 0.239 e. The highest BCUT2D eigenvalue weighted by atomic mass is 19.3. The summed E-state index contributed by atoms with van der Waals surface area (Å²) in [5, 5.41) is 0. The molecule has 0 unspecified atom stereocenters. The molecule has 0 nitrogen and oxygen atoms in total. The number of hydrogen-bond donors (Lipinski definition) is 0. The van der Waals surface area contributed by atoms with Crippen LogP contribution in [0.1, 0.15) is 38.3 Å². The second kappa shape index (κ2) is 4.73. The van der Waals surface area contributed by atoms with Gasteiger partial charge >= 0.3 is 0 Å². The lowest BCUT2D eigenvalue weighted by molar-refractivity contribution is 0.138. The fourth-order valence-corrected chi connectivity index (χ4v) is 1.47. The minimum atomic E-state index is -2.21. The van der Waals surface area contributed by atoms with Gasteiger partial charge in [-0.05, 0) is 23.0 Å². The number of halogens is 2. The first-order valence-electron chi connectivity index (χ1n) is 5.27. The van der Waals surface area contributed by atoms with Crippen LogP contribution in [-0.4, -0.2) is 6.43 Å². The minimum absolute atomic E-state index is 0.0480. The Balaban J connectivity index is 2.75. The van der Waals surface area contributed by atoms with Gasteiger partial charge in [0.15, 0.2) is 0 Å². The Kier molecular flexibility index (Phi) is 3.83. The third kappa shape index (κ3) is 3.98. The maximum absolute atomic E-state index is 12.1. The van der Waals surface area contributed by atoms with Crippen molar-refractivity contribution in [2.75, 3.05) is 0 Å². The van der Waals surface area contributed by atoms with E-state index < -0.39 is 6.43 Å². The van der Waals surface area contributed by atoms with Crippen LogP contribution in [0.4, 0.5) is 8.78 Å². The number of hydrogen-bond acceptors (Lipinski definition) is 0. The van der Waals surface area contributed by atoms with Gasteiger partial charge in [-0.2, -0.15) is 0 Å². The van der Waals surface area contributed by atoms with Gasteiger partial charge in [-0.1, -0.05) is 45.0 Å². The number of rotatable bonds is 3. The topological polar surface area (TPSA) is 0 Å². The van der Waals surface area contributed by atoms with Crippen LogP contribution in [0.25, 0.3) is 0 Å². The lowest BCUT2D eigenvalue weighted by atomic mass is 9.86. The van der Waals surface area contributed by atoms with Gasteiger partial charge in [-0.25, -0.2) is 8.78 Å². The van der Waals surface area contributed by atoms with Gasteiger partial charge in [0.25, 0.3) is 0 Å². The van der Waals surface area contributed by atoms with E-state index in [0.29, 0.717) is 6.42 Å². The normalized spacial score (nSPS) is 12.1. The third-order valence-electron chi connectivity index (χ3n) is 2.44. The van der Waals surface area contributed by atoms with Crippen LogP contribution < -0.4 is 0 Å². The van der Waals surface area contributed by atoms with Crippen molar-refractivity contribution in [1.29, 1.82) is 0 Å². The van der Waals surface area contributed by atoms with Crippen molar-refractivity contribution in [2.45, 2.75) is 45.5 Å². The molecule has 0 atom stereocenters. The van der Waals surface area contributed by atoms with Crippen molar-refractivity contribution in [1.82, 2.24) is 0 Å². The van der Waals surface area contributed by atoms with Crippen LogP contribution in [0, 0.1) is 0 Å². The highest BCUT2D eigenvalue weighted by molar-refractivity contribution is 5.28. The summed E-state index contributed by atoms with van der Waals surface area (Å²) in [5.41, 5.74) is 2.29. The van der Waals surface area contributed by atoms with Gasteiger partial charge in [-0.15, -0.1) is 0 Å². The second-order valence-corrected chi connectivity index (χ2v) is 4.88. The largest absolute Gasteiger partial charge is 0.239 e. The molecule has 0 fully saturated rings. The van der Waals surface area contributed by atoms with Crippen molar-refractivity contribution in [3.05, 3.63) is 35.4 Å². The molecule has 0 aliphatic carbocycles. The molecule has 0 aromatic heterocycles. The van der Waals surface area contributed by atoms with Gasteiger partial charge in [-0.3, -0.25) is 0 Å². The maximum atomic E-state index is 12.1. The average Bonchev–Trinajstić information content (AvgIpc) is 2.14. The summed E-state index contributed by atoms with van der Waals surface area (Å²) in [6.07, 6.45) is -1.79. The molecular formula is C13H18F2. The van der Waals surface area contributed by atoms with Crippen LogP contribution in [0.3, 0.4) is 0 Å². The zero-order valence-electron chi connectivity index (χ0n) is 9.56. The molecule has 2 heteroatoms. The summed E-state index contributed by atoms with van der Waals surface area (Å²) in [5.74, 6) is 0. The first-order chi connectivity index (χ1) is 6.89. The predicted molar refractivity (Wildman–Crippen MR) is 59.5 cm³/mol. The van der Waals surface area contributed by atoms with Crippen molar-refractivity contribution in [2.24, 2.45) is 0 Å². The van der Waals surface area contributed by atoms with E-state index >= 15 is 0 Å². The molecule has 0 N–H and O–H groups in total. The van der Waals surface area contributed by atoms with Gasteiger partial charge in [0.1, 0.15) is 0 Å². The molecule has 0 bridgehead atoms. The van der Waals surface area contributed by atoms with E-state index in [1.54, 1.807) is 0 Å². The summed E-state index contributed by atoms with van der Waals surface area (Å²) >= 11 is 0. The fourth-order valence-electron chi connectivity index (χ4n) is 1.47. The lowest BCUT2D eigenvalue weighted by Crippen LogP contribution is -2.11. The summed E-state index contributed by atoms with van der Waals surface area (Å²) < 4.78 is 24.1. The molecule has 0 amide bonds. The van der Waals surface area contributed by atoms with Crippen LogP contribution in [-0.2, 0) is 11.8 Å². The van der Waals surface area contributed by atoms with E-state index in [1.165, 1.54) is 5.56 Å². The fraction of sp³-hybridized carbons (Fsp3) is 0.538. The molecule has 0 saturated heterocycles. The molecule has 1 aromatic rings. The molecule has 0 saturated carbocycles. The predicted octanol–water partition coefficient (Wildman–Crippen LogP) is 4.18. The number of aryl methyl sites for hydroxylation is 1. The molecule has 0 radical (unpaired) electrons. The summed E-state index contributed by atoms with van der Waals surface area (Å²) in [6.45, 7) is 6.37. The van der Waals surface area contributed by atoms with Crippen LogP contribution in [0.5, 0.6) is 0 Å². The Morgan fingerprint density at radius 2 is 1.87 bits per heavy atom. The van der Waals surface area contributed by atoms with Gasteiger partial charge in [0.2, 0.25) is 6.43 Å². The molecule has 15 heavy (non-hydrogen) atoms. The molecule has 1 rings (SSSR count). The number of benzene rings is 1. The third-order valence-corrected chi connectivity index (χ3v) is 2.44. The molecule has 1 aromatic carbocycles. The van der Waals surface area contributed by atoms with Gasteiger partial charge in [0.05, 0.1) is 0 Å². The van der Waals surface area contributed by atoms with E-state index in [9.17, 15) is 8.78 Å². The lowest BCUT2D eigenvalue weighted by Gasteiger charge is -2.19. The highest BCUT2D eigenvalue weighted by Crippen LogP contribution is 2.23. The zero-order valence-corrected chi connectivity index (χ0v) is 9.56. The highest BCUT2D eigenvalue weighted by Gasteiger charge is 2.13. The van der Waals surface area contributed by atoms with E-state index in [4.69, 9.17) is 0 Å². The van der Waals surface area contributed by atoms with Crippen LogP contribution >= 0.6 is 0 Å². The number of alkyl halides is 2. The Labute approximate surface area is 90.3 Å². The van der Waals surface area contributed by atoms with Crippen LogP contribution in [0.2, 0.25) is 0 Å². The second-order valence-electron chi connectivity index (χ2n) is 4.88.